The quantitative estimate of drug-likeness (QED) is 0.740. The highest BCUT2D eigenvalue weighted by atomic mass is 16.3. The lowest BCUT2D eigenvalue weighted by Crippen LogP contribution is -2.15. The molecule has 0 aliphatic carbocycles. The van der Waals surface area contributed by atoms with E-state index in [1.807, 2.05) is 60.7 Å². The number of aromatic nitrogens is 2. The van der Waals surface area contributed by atoms with Crippen LogP contribution in [-0.2, 0) is 4.79 Å². The number of hydrogen-bond acceptors (Lipinski definition) is 5. The fourth-order valence-electron chi connectivity index (χ4n) is 2.81. The highest BCUT2D eigenvalue weighted by Crippen LogP contribution is 2.30. The number of hydrogen-bond donors (Lipinski definition) is 1. The molecule has 6 heteroatoms. The first-order valence-corrected chi connectivity index (χ1v) is 8.14. The molecule has 3 aromatic rings. The van der Waals surface area contributed by atoms with Gasteiger partial charge in [0.15, 0.2) is 5.75 Å². The predicted octanol–water partition coefficient (Wildman–Crippen LogP) is 3.30. The van der Waals surface area contributed by atoms with Crippen LogP contribution in [0.1, 0.15) is 11.4 Å². The van der Waals surface area contributed by atoms with Gasteiger partial charge in [0, 0.05) is 0 Å². The van der Waals surface area contributed by atoms with Gasteiger partial charge in [0.1, 0.15) is 17.1 Å². The molecule has 0 atom stereocenters. The molecule has 0 unspecified atom stereocenters. The van der Waals surface area contributed by atoms with E-state index in [0.29, 0.717) is 17.1 Å². The number of carbonyl (C=O) groups is 1. The maximum Gasteiger partial charge on any atom is 0.224 e. The van der Waals surface area contributed by atoms with Crippen LogP contribution in [0, 0.1) is 6.92 Å². The number of allylic oxidation sites excluding steroid dienone is 1. The van der Waals surface area contributed by atoms with Gasteiger partial charge in [-0.1, -0.05) is 36.4 Å². The SMILES string of the molecule is Cc1nn(-c2ccccc2)c(/C=C2\C(=O)C=NN2c2ccccc2)c1O. The topological polar surface area (TPSA) is 70.7 Å². The number of benzene rings is 2. The summed E-state index contributed by atoms with van der Waals surface area (Å²) in [5.41, 5.74) is 2.83. The van der Waals surface area contributed by atoms with Crippen LogP contribution in [0.2, 0.25) is 0 Å². The number of Topliss-reactive ketones (excluding diaryl/α,β-unsaturated/α-hetero) is 1. The Morgan fingerprint density at radius 3 is 2.23 bits per heavy atom. The summed E-state index contributed by atoms with van der Waals surface area (Å²) < 4.78 is 1.62. The Labute approximate surface area is 150 Å². The zero-order valence-electron chi connectivity index (χ0n) is 14.1. The maximum atomic E-state index is 12.4. The van der Waals surface area contributed by atoms with Crippen LogP contribution >= 0.6 is 0 Å². The normalized spacial score (nSPS) is 15.2. The van der Waals surface area contributed by atoms with Crippen molar-refractivity contribution in [3.8, 4) is 11.4 Å². The molecule has 1 aliphatic heterocycles. The summed E-state index contributed by atoms with van der Waals surface area (Å²) in [7, 11) is 0. The summed E-state index contributed by atoms with van der Waals surface area (Å²) in [6.45, 7) is 1.72. The zero-order valence-corrected chi connectivity index (χ0v) is 14.1. The van der Waals surface area contributed by atoms with Crippen molar-refractivity contribution >= 4 is 23.8 Å². The predicted molar refractivity (Wildman–Crippen MR) is 100 cm³/mol. The second kappa shape index (κ2) is 6.33. The third-order valence-electron chi connectivity index (χ3n) is 4.11. The van der Waals surface area contributed by atoms with Crippen molar-refractivity contribution in [2.24, 2.45) is 5.10 Å². The molecule has 4 rings (SSSR count). The Morgan fingerprint density at radius 1 is 0.962 bits per heavy atom. The molecule has 6 nitrogen and oxygen atoms in total. The van der Waals surface area contributed by atoms with E-state index in [-0.39, 0.29) is 11.5 Å². The summed E-state index contributed by atoms with van der Waals surface area (Å²) in [6, 6.07) is 18.8. The van der Waals surface area contributed by atoms with Crippen LogP contribution in [0.4, 0.5) is 5.69 Å². The minimum absolute atomic E-state index is 0.0362. The third kappa shape index (κ3) is 2.67. The zero-order chi connectivity index (χ0) is 18.1. The van der Waals surface area contributed by atoms with Crippen molar-refractivity contribution in [1.29, 1.82) is 0 Å². The highest BCUT2D eigenvalue weighted by Gasteiger charge is 2.25. The van der Waals surface area contributed by atoms with Crippen LogP contribution < -0.4 is 5.01 Å². The van der Waals surface area contributed by atoms with Crippen molar-refractivity contribution in [3.63, 3.8) is 0 Å². The van der Waals surface area contributed by atoms with Gasteiger partial charge in [-0.15, -0.1) is 0 Å². The molecule has 0 saturated carbocycles. The number of para-hydroxylation sites is 2. The molecule has 2 heterocycles. The average Bonchev–Trinajstić information content (AvgIpc) is 3.18. The molecule has 1 aliphatic rings. The van der Waals surface area contributed by atoms with E-state index in [0.717, 1.165) is 11.4 Å². The van der Waals surface area contributed by atoms with Crippen molar-refractivity contribution in [1.82, 2.24) is 9.78 Å². The fraction of sp³-hybridized carbons (Fsp3) is 0.0500. The van der Waals surface area contributed by atoms with Crippen molar-refractivity contribution in [2.75, 3.05) is 5.01 Å². The molecule has 0 fully saturated rings. The molecule has 1 aromatic heterocycles. The van der Waals surface area contributed by atoms with Crippen LogP contribution in [0.3, 0.4) is 0 Å². The van der Waals surface area contributed by atoms with E-state index in [9.17, 15) is 9.90 Å². The number of carbonyl (C=O) groups excluding carboxylic acids is 1. The number of aromatic hydroxyl groups is 1. The minimum Gasteiger partial charge on any atom is -0.504 e. The molecular weight excluding hydrogens is 328 g/mol. The molecule has 0 spiro atoms. The van der Waals surface area contributed by atoms with Gasteiger partial charge in [-0.3, -0.25) is 4.79 Å². The molecule has 0 amide bonds. The molecule has 128 valence electrons. The van der Waals surface area contributed by atoms with Crippen LogP contribution in [0.5, 0.6) is 5.75 Å². The second-order valence-electron chi connectivity index (χ2n) is 5.85. The smallest absolute Gasteiger partial charge is 0.224 e. The van der Waals surface area contributed by atoms with Gasteiger partial charge in [0.05, 0.1) is 17.6 Å². The number of aryl methyl sites for hydroxylation is 1. The first-order chi connectivity index (χ1) is 12.6. The van der Waals surface area contributed by atoms with Crippen molar-refractivity contribution in [2.45, 2.75) is 6.92 Å². The lowest BCUT2D eigenvalue weighted by atomic mass is 10.2. The minimum atomic E-state index is -0.230. The largest absolute Gasteiger partial charge is 0.504 e. The summed E-state index contributed by atoms with van der Waals surface area (Å²) in [5.74, 6) is -0.194. The third-order valence-corrected chi connectivity index (χ3v) is 4.11. The standard InChI is InChI=1S/C20H16N4O2/c1-14-20(26)18(24(22-14)16-10-6-3-7-11-16)12-17-19(25)13-21-23(17)15-8-4-2-5-9-15/h2-13,26H,1H3/b17-12+. The molecule has 2 aromatic carbocycles. The maximum absolute atomic E-state index is 12.4. The van der Waals surface area contributed by atoms with Gasteiger partial charge >= 0.3 is 0 Å². The molecule has 26 heavy (non-hydrogen) atoms. The Kier molecular flexibility index (Phi) is 3.85. The van der Waals surface area contributed by atoms with Crippen LogP contribution in [-0.4, -0.2) is 26.9 Å². The Bertz CT molecular complexity index is 1020. The van der Waals surface area contributed by atoms with Crippen LogP contribution in [0.25, 0.3) is 11.8 Å². The summed E-state index contributed by atoms with van der Waals surface area (Å²) in [6.07, 6.45) is 2.89. The van der Waals surface area contributed by atoms with Gasteiger partial charge in [0.25, 0.3) is 0 Å². The molecule has 1 N–H and O–H groups in total. The average molecular weight is 344 g/mol. The Morgan fingerprint density at radius 2 is 1.58 bits per heavy atom. The summed E-state index contributed by atoms with van der Waals surface area (Å²) in [5, 5.41) is 20.6. The number of ketones is 1. The molecule has 0 radical (unpaired) electrons. The molecular formula is C20H16N4O2. The van der Waals surface area contributed by atoms with Crippen molar-refractivity contribution < 1.29 is 9.90 Å². The lowest BCUT2D eigenvalue weighted by molar-refractivity contribution is -0.109. The van der Waals surface area contributed by atoms with Crippen molar-refractivity contribution in [3.05, 3.63) is 77.7 Å². The van der Waals surface area contributed by atoms with Gasteiger partial charge in [-0.2, -0.15) is 10.2 Å². The Balaban J connectivity index is 1.84. The number of rotatable bonds is 3. The van der Waals surface area contributed by atoms with Crippen LogP contribution in [0.15, 0.2) is 71.5 Å². The highest BCUT2D eigenvalue weighted by molar-refractivity contribution is 6.39. The first-order valence-electron chi connectivity index (χ1n) is 8.14. The lowest BCUT2D eigenvalue weighted by Gasteiger charge is -2.15. The Hall–Kier alpha value is -3.67. The number of nitrogens with zero attached hydrogens (tertiary/aromatic N) is 4. The van der Waals surface area contributed by atoms with Gasteiger partial charge in [0.2, 0.25) is 5.78 Å². The number of anilines is 1. The first kappa shape index (κ1) is 15.8. The van der Waals surface area contributed by atoms with Gasteiger partial charge < -0.3 is 5.11 Å². The second-order valence-corrected chi connectivity index (χ2v) is 5.85. The van der Waals surface area contributed by atoms with E-state index < -0.39 is 0 Å². The van der Waals surface area contributed by atoms with E-state index in [2.05, 4.69) is 10.2 Å². The van der Waals surface area contributed by atoms with E-state index in [4.69, 9.17) is 0 Å². The van der Waals surface area contributed by atoms with E-state index in [1.165, 1.54) is 6.21 Å². The molecule has 0 bridgehead atoms. The number of hydrazone groups is 1. The summed E-state index contributed by atoms with van der Waals surface area (Å²) in [4.78, 5) is 12.4. The fourth-order valence-corrected chi connectivity index (χ4v) is 2.81. The summed E-state index contributed by atoms with van der Waals surface area (Å²) >= 11 is 0. The van der Waals surface area contributed by atoms with Gasteiger partial charge in [-0.25, -0.2) is 9.69 Å². The van der Waals surface area contributed by atoms with E-state index >= 15 is 0 Å². The van der Waals surface area contributed by atoms with E-state index in [1.54, 1.807) is 22.7 Å². The van der Waals surface area contributed by atoms with Gasteiger partial charge in [-0.05, 0) is 37.3 Å². The monoisotopic (exact) mass is 344 g/mol. The molecule has 0 saturated heterocycles.